The van der Waals surface area contributed by atoms with Gasteiger partial charge in [-0.15, -0.1) is 0 Å². The highest BCUT2D eigenvalue weighted by Crippen LogP contribution is 2.43. The summed E-state index contributed by atoms with van der Waals surface area (Å²) in [5.41, 5.74) is 0. The molecule has 0 amide bonds. The summed E-state index contributed by atoms with van der Waals surface area (Å²) in [5, 5.41) is 0. The maximum atomic E-state index is 12.9. The molecular weight excluding hydrogens is 1160 g/mol. The quantitative estimate of drug-likeness (QED) is 0.0278. The van der Waals surface area contributed by atoms with Gasteiger partial charge in [-0.05, 0) is 12.8 Å². The summed E-state index contributed by atoms with van der Waals surface area (Å²) in [6, 6.07) is 0. The SMILES string of the molecule is CCCCCCCCCCCCCCCCCCCCCCCCCCCCCCCCCCCCCCCC(=O)OC(COC(=O)CCCCCCCCCCCCCCCCCCCCCCCCCCCCCCCCC)COP(=O)(O)OCC[N+](C)(C)C. The van der Waals surface area contributed by atoms with Crippen LogP contribution in [0.3, 0.4) is 0 Å². The zero-order valence-electron chi connectivity index (χ0n) is 63.1. The van der Waals surface area contributed by atoms with Crippen molar-refractivity contribution in [3.63, 3.8) is 0 Å². The number of hydrogen-bond donors (Lipinski definition) is 1. The topological polar surface area (TPSA) is 108 Å². The molecule has 0 aliphatic heterocycles. The van der Waals surface area contributed by atoms with E-state index in [0.717, 1.165) is 38.5 Å². The van der Waals surface area contributed by atoms with E-state index < -0.39 is 26.5 Å². The van der Waals surface area contributed by atoms with Crippen LogP contribution in [0.5, 0.6) is 0 Å². The second-order valence-corrected chi connectivity index (χ2v) is 31.7. The molecule has 2 atom stereocenters. The highest BCUT2D eigenvalue weighted by Gasteiger charge is 2.27. The van der Waals surface area contributed by atoms with Crippen LogP contribution < -0.4 is 0 Å². The van der Waals surface area contributed by atoms with E-state index >= 15 is 0 Å². The molecule has 0 fully saturated rings. The van der Waals surface area contributed by atoms with Crippen LogP contribution in [0.25, 0.3) is 0 Å². The molecule has 0 radical (unpaired) electrons. The molecule has 0 spiro atoms. The molecule has 2 unspecified atom stereocenters. The summed E-state index contributed by atoms with van der Waals surface area (Å²) < 4.78 is 34.9. The lowest BCUT2D eigenvalue weighted by Gasteiger charge is -2.24. The molecule has 0 aromatic heterocycles. The van der Waals surface area contributed by atoms with Crippen molar-refractivity contribution in [1.29, 1.82) is 0 Å². The first-order valence-corrected chi connectivity index (χ1v) is 43.3. The van der Waals surface area contributed by atoms with Gasteiger partial charge in [0.2, 0.25) is 0 Å². The maximum absolute atomic E-state index is 12.9. The Kier molecular flexibility index (Phi) is 73.4. The van der Waals surface area contributed by atoms with Gasteiger partial charge in [0.1, 0.15) is 19.8 Å². The minimum atomic E-state index is -4.39. The van der Waals surface area contributed by atoms with Gasteiger partial charge >= 0.3 is 19.8 Å². The molecule has 0 heterocycles. The van der Waals surface area contributed by atoms with Crippen LogP contribution in [0, 0.1) is 0 Å². The van der Waals surface area contributed by atoms with Gasteiger partial charge in [0, 0.05) is 12.8 Å². The summed E-state index contributed by atoms with van der Waals surface area (Å²) in [7, 11) is 1.51. The zero-order valence-corrected chi connectivity index (χ0v) is 64.0. The number of phosphoric acid groups is 1. The third-order valence-electron chi connectivity index (χ3n) is 19.6. The van der Waals surface area contributed by atoms with Gasteiger partial charge in [0.05, 0.1) is 27.7 Å². The third-order valence-corrected chi connectivity index (χ3v) is 20.6. The van der Waals surface area contributed by atoms with Gasteiger partial charge < -0.3 is 18.9 Å². The van der Waals surface area contributed by atoms with E-state index in [9.17, 15) is 19.0 Å². The van der Waals surface area contributed by atoms with Crippen LogP contribution >= 0.6 is 7.82 Å². The Labute approximate surface area is 575 Å². The largest absolute Gasteiger partial charge is 0.472 e. The molecule has 10 heteroatoms. The van der Waals surface area contributed by atoms with Crippen molar-refractivity contribution < 1.29 is 42.1 Å². The van der Waals surface area contributed by atoms with Crippen molar-refractivity contribution in [2.75, 3.05) is 47.5 Å². The molecule has 0 rings (SSSR count). The van der Waals surface area contributed by atoms with E-state index in [1.807, 2.05) is 21.1 Å². The van der Waals surface area contributed by atoms with Crippen LogP contribution in [-0.4, -0.2) is 74.9 Å². The number of hydrogen-bond acceptors (Lipinski definition) is 7. The molecule has 0 aromatic carbocycles. The first kappa shape index (κ1) is 91.0. The lowest BCUT2D eigenvalue weighted by atomic mass is 10.0. The van der Waals surface area contributed by atoms with E-state index in [-0.39, 0.29) is 25.6 Å². The fourth-order valence-electron chi connectivity index (χ4n) is 13.3. The van der Waals surface area contributed by atoms with Gasteiger partial charge in [-0.2, -0.15) is 0 Å². The van der Waals surface area contributed by atoms with Crippen molar-refractivity contribution in [1.82, 2.24) is 0 Å². The van der Waals surface area contributed by atoms with Gasteiger partial charge in [-0.3, -0.25) is 18.6 Å². The number of nitrogens with zero attached hydrogens (tertiary/aromatic N) is 1. The van der Waals surface area contributed by atoms with Crippen molar-refractivity contribution in [2.45, 2.75) is 469 Å². The average molecular weight is 1320 g/mol. The predicted octanol–water partition coefficient (Wildman–Crippen LogP) is 27.6. The van der Waals surface area contributed by atoms with E-state index in [2.05, 4.69) is 13.8 Å². The van der Waals surface area contributed by atoms with E-state index in [1.54, 1.807) is 0 Å². The zero-order chi connectivity index (χ0) is 66.9. The Morgan fingerprint density at radius 3 is 0.696 bits per heavy atom. The summed E-state index contributed by atoms with van der Waals surface area (Å²) in [6.07, 6.45) is 92.8. The van der Waals surface area contributed by atoms with Crippen molar-refractivity contribution >= 4 is 19.8 Å². The van der Waals surface area contributed by atoms with E-state index in [4.69, 9.17) is 18.5 Å². The van der Waals surface area contributed by atoms with Crippen LogP contribution in [0.1, 0.15) is 463 Å². The molecule has 0 bridgehead atoms. The smallest absolute Gasteiger partial charge is 0.462 e. The first-order chi connectivity index (χ1) is 45.0. The number of esters is 2. The summed E-state index contributed by atoms with van der Waals surface area (Å²) in [5.74, 6) is -0.763. The Morgan fingerprint density at radius 2 is 0.489 bits per heavy atom. The molecular formula is C82H165NO8P+. The van der Waals surface area contributed by atoms with Crippen molar-refractivity contribution in [3.8, 4) is 0 Å². The first-order valence-electron chi connectivity index (χ1n) is 41.8. The lowest BCUT2D eigenvalue weighted by molar-refractivity contribution is -0.870. The number of carbonyl (C=O) groups is 2. The standard InChI is InChI=1S/C82H164NO8P/c1-6-8-10-12-14-16-18-20-22-24-26-28-30-32-34-36-38-39-40-41-42-43-45-47-49-51-53-55-57-59-61-63-65-67-69-71-73-75-82(85)91-80(79-90-92(86,87)89-77-76-83(3,4)5)78-88-81(84)74-72-70-68-66-64-62-60-58-56-54-52-50-48-46-44-37-35-33-31-29-27-25-23-21-19-17-15-13-11-9-7-2/h80H,6-79H2,1-5H3/p+1. The van der Waals surface area contributed by atoms with Crippen molar-refractivity contribution in [2.24, 2.45) is 0 Å². The Balaban J connectivity index is 3.86. The molecule has 0 aromatic rings. The van der Waals surface area contributed by atoms with E-state index in [1.165, 1.54) is 398 Å². The summed E-state index contributed by atoms with van der Waals surface area (Å²) in [4.78, 5) is 36.0. The van der Waals surface area contributed by atoms with Crippen LogP contribution in [0.2, 0.25) is 0 Å². The fourth-order valence-corrected chi connectivity index (χ4v) is 14.0. The molecule has 0 aliphatic rings. The number of likely N-dealkylation sites (N-methyl/N-ethyl adjacent to an activating group) is 1. The maximum Gasteiger partial charge on any atom is 0.472 e. The summed E-state index contributed by atoms with van der Waals surface area (Å²) >= 11 is 0. The molecule has 92 heavy (non-hydrogen) atoms. The van der Waals surface area contributed by atoms with Gasteiger partial charge in [-0.25, -0.2) is 4.57 Å². The molecule has 550 valence electrons. The number of unbranched alkanes of at least 4 members (excludes halogenated alkanes) is 66. The van der Waals surface area contributed by atoms with Crippen LogP contribution in [0.4, 0.5) is 0 Å². The van der Waals surface area contributed by atoms with E-state index in [0.29, 0.717) is 17.4 Å². The lowest BCUT2D eigenvalue weighted by Crippen LogP contribution is -2.37. The number of rotatable bonds is 80. The predicted molar refractivity (Wildman–Crippen MR) is 400 cm³/mol. The van der Waals surface area contributed by atoms with Gasteiger partial charge in [0.15, 0.2) is 6.10 Å². The fraction of sp³-hybridized carbons (Fsp3) is 0.976. The number of phosphoric ester groups is 1. The number of ether oxygens (including phenoxy) is 2. The molecule has 0 aliphatic carbocycles. The second-order valence-electron chi connectivity index (χ2n) is 30.2. The monoisotopic (exact) mass is 1320 g/mol. The minimum Gasteiger partial charge on any atom is -0.462 e. The highest BCUT2D eigenvalue weighted by atomic mass is 31.2. The average Bonchev–Trinajstić information content (AvgIpc) is 2.34. The molecule has 9 nitrogen and oxygen atoms in total. The van der Waals surface area contributed by atoms with Gasteiger partial charge in [0.25, 0.3) is 0 Å². The summed E-state index contributed by atoms with van der Waals surface area (Å²) in [6.45, 7) is 4.55. The Morgan fingerprint density at radius 1 is 0.293 bits per heavy atom. The van der Waals surface area contributed by atoms with Crippen LogP contribution in [-0.2, 0) is 32.7 Å². The van der Waals surface area contributed by atoms with Gasteiger partial charge in [-0.1, -0.05) is 438 Å². The molecule has 1 N–H and O–H groups in total. The highest BCUT2D eigenvalue weighted by molar-refractivity contribution is 7.47. The van der Waals surface area contributed by atoms with Crippen molar-refractivity contribution in [3.05, 3.63) is 0 Å². The minimum absolute atomic E-state index is 0.0379. The molecule has 0 saturated heterocycles. The normalized spacial score (nSPS) is 12.9. The number of carbonyl (C=O) groups excluding carboxylic acids is 2. The third kappa shape index (κ3) is 78.0. The van der Waals surface area contributed by atoms with Crippen LogP contribution in [0.15, 0.2) is 0 Å². The Bertz CT molecular complexity index is 1510. The molecule has 0 saturated carbocycles. The second kappa shape index (κ2) is 74.2. The Hall–Kier alpha value is -0.990. The number of quaternary nitrogens is 1.